The van der Waals surface area contributed by atoms with Crippen LogP contribution in [0.3, 0.4) is 0 Å². The highest BCUT2D eigenvalue weighted by molar-refractivity contribution is 6.03. The van der Waals surface area contributed by atoms with Gasteiger partial charge in [0.25, 0.3) is 0 Å². The first-order valence-corrected chi connectivity index (χ1v) is 6.52. The number of fused-ring (bicyclic) bond motifs is 1. The number of aromatic nitrogens is 1. The molecular formula is C15H19N3O. The van der Waals surface area contributed by atoms with Crippen LogP contribution in [0.25, 0.3) is 10.8 Å². The molecule has 2 aromatic rings. The van der Waals surface area contributed by atoms with Gasteiger partial charge in [-0.25, -0.2) is 0 Å². The van der Waals surface area contributed by atoms with Gasteiger partial charge in [0.1, 0.15) is 0 Å². The number of amides is 1. The van der Waals surface area contributed by atoms with Crippen LogP contribution < -0.4 is 11.1 Å². The Morgan fingerprint density at radius 1 is 1.42 bits per heavy atom. The van der Waals surface area contributed by atoms with E-state index in [1.807, 2.05) is 38.1 Å². The summed E-state index contributed by atoms with van der Waals surface area (Å²) in [7, 11) is 0. The molecule has 2 rings (SSSR count). The summed E-state index contributed by atoms with van der Waals surface area (Å²) in [4.78, 5) is 16.2. The number of pyridine rings is 1. The molecule has 0 radical (unpaired) electrons. The monoisotopic (exact) mass is 257 g/mol. The highest BCUT2D eigenvalue weighted by Gasteiger charge is 2.19. The van der Waals surface area contributed by atoms with Crippen molar-refractivity contribution in [1.29, 1.82) is 0 Å². The molecule has 4 heteroatoms. The molecule has 1 aromatic heterocycles. The highest BCUT2D eigenvalue weighted by Crippen LogP contribution is 2.22. The number of anilines is 1. The number of carbonyl (C=O) groups is 1. The minimum atomic E-state index is -0.489. The number of nitrogens with zero attached hydrogens (tertiary/aromatic N) is 1. The maximum atomic E-state index is 12.1. The standard InChI is InChI=1S/C15H19N3O/c1-3-10(2)14(16)15(19)18-13-6-4-5-11-7-8-17-9-12(11)13/h4-10,14H,3,16H2,1-2H3,(H,18,19). The summed E-state index contributed by atoms with van der Waals surface area (Å²) in [5.41, 5.74) is 6.69. The summed E-state index contributed by atoms with van der Waals surface area (Å²) in [5, 5.41) is 4.87. The fourth-order valence-electron chi connectivity index (χ4n) is 1.95. The molecule has 0 aliphatic heterocycles. The van der Waals surface area contributed by atoms with Gasteiger partial charge in [0.05, 0.1) is 11.7 Å². The van der Waals surface area contributed by atoms with Gasteiger partial charge in [0, 0.05) is 17.8 Å². The van der Waals surface area contributed by atoms with Crippen molar-refractivity contribution in [3.05, 3.63) is 36.7 Å². The van der Waals surface area contributed by atoms with Crippen molar-refractivity contribution in [1.82, 2.24) is 4.98 Å². The van der Waals surface area contributed by atoms with E-state index in [1.54, 1.807) is 12.4 Å². The van der Waals surface area contributed by atoms with Gasteiger partial charge in [-0.2, -0.15) is 0 Å². The van der Waals surface area contributed by atoms with E-state index in [4.69, 9.17) is 5.73 Å². The smallest absolute Gasteiger partial charge is 0.241 e. The summed E-state index contributed by atoms with van der Waals surface area (Å²) >= 11 is 0. The third-order valence-electron chi connectivity index (χ3n) is 3.50. The van der Waals surface area contributed by atoms with Gasteiger partial charge in [0.15, 0.2) is 0 Å². The van der Waals surface area contributed by atoms with Crippen molar-refractivity contribution in [3.63, 3.8) is 0 Å². The van der Waals surface area contributed by atoms with Crippen molar-refractivity contribution in [2.75, 3.05) is 5.32 Å². The Balaban J connectivity index is 2.24. The Morgan fingerprint density at radius 3 is 2.95 bits per heavy atom. The lowest BCUT2D eigenvalue weighted by molar-refractivity contribution is -0.118. The third kappa shape index (κ3) is 2.90. The number of rotatable bonds is 4. The van der Waals surface area contributed by atoms with Crippen molar-refractivity contribution in [2.45, 2.75) is 26.3 Å². The molecule has 4 nitrogen and oxygen atoms in total. The summed E-state index contributed by atoms with van der Waals surface area (Å²) in [6.07, 6.45) is 4.37. The first kappa shape index (κ1) is 13.5. The Labute approximate surface area is 113 Å². The molecule has 0 saturated carbocycles. The molecule has 0 aliphatic rings. The van der Waals surface area contributed by atoms with Crippen molar-refractivity contribution >= 4 is 22.4 Å². The van der Waals surface area contributed by atoms with E-state index < -0.39 is 6.04 Å². The molecule has 1 heterocycles. The van der Waals surface area contributed by atoms with Gasteiger partial charge < -0.3 is 11.1 Å². The summed E-state index contributed by atoms with van der Waals surface area (Å²) in [6, 6.07) is 7.19. The molecule has 19 heavy (non-hydrogen) atoms. The van der Waals surface area contributed by atoms with E-state index in [-0.39, 0.29) is 11.8 Å². The maximum Gasteiger partial charge on any atom is 0.241 e. The van der Waals surface area contributed by atoms with Gasteiger partial charge in [0.2, 0.25) is 5.91 Å². The Kier molecular flexibility index (Phi) is 4.12. The van der Waals surface area contributed by atoms with Crippen LogP contribution in [0, 0.1) is 5.92 Å². The van der Waals surface area contributed by atoms with E-state index >= 15 is 0 Å². The first-order valence-electron chi connectivity index (χ1n) is 6.52. The number of hydrogen-bond donors (Lipinski definition) is 2. The molecule has 2 atom stereocenters. The number of hydrogen-bond acceptors (Lipinski definition) is 3. The zero-order valence-electron chi connectivity index (χ0n) is 11.3. The largest absolute Gasteiger partial charge is 0.324 e. The van der Waals surface area contributed by atoms with Gasteiger partial charge in [-0.05, 0) is 23.4 Å². The van der Waals surface area contributed by atoms with Gasteiger partial charge in [-0.15, -0.1) is 0 Å². The minimum absolute atomic E-state index is 0.147. The second-order valence-corrected chi connectivity index (χ2v) is 4.80. The van der Waals surface area contributed by atoms with E-state index in [2.05, 4.69) is 10.3 Å². The third-order valence-corrected chi connectivity index (χ3v) is 3.50. The van der Waals surface area contributed by atoms with Crippen molar-refractivity contribution in [2.24, 2.45) is 11.7 Å². The van der Waals surface area contributed by atoms with Crippen LogP contribution in [0.4, 0.5) is 5.69 Å². The van der Waals surface area contributed by atoms with Crippen LogP contribution in [0.5, 0.6) is 0 Å². The van der Waals surface area contributed by atoms with Crippen molar-refractivity contribution < 1.29 is 4.79 Å². The predicted molar refractivity (Wildman–Crippen MR) is 77.8 cm³/mol. The fourth-order valence-corrected chi connectivity index (χ4v) is 1.95. The molecule has 0 bridgehead atoms. The summed E-state index contributed by atoms with van der Waals surface area (Å²) in [5.74, 6) is 0.0128. The van der Waals surface area contributed by atoms with E-state index in [0.717, 1.165) is 22.9 Å². The minimum Gasteiger partial charge on any atom is -0.324 e. The lowest BCUT2D eigenvalue weighted by atomic mass is 9.99. The average Bonchev–Trinajstić information content (AvgIpc) is 2.46. The summed E-state index contributed by atoms with van der Waals surface area (Å²) < 4.78 is 0. The number of carbonyl (C=O) groups excluding carboxylic acids is 1. The molecule has 0 saturated heterocycles. The van der Waals surface area contributed by atoms with E-state index in [1.165, 1.54) is 0 Å². The van der Waals surface area contributed by atoms with Crippen LogP contribution in [-0.2, 0) is 4.79 Å². The molecule has 1 amide bonds. The van der Waals surface area contributed by atoms with Gasteiger partial charge >= 0.3 is 0 Å². The second kappa shape index (κ2) is 5.80. The summed E-state index contributed by atoms with van der Waals surface area (Å²) in [6.45, 7) is 4.01. The predicted octanol–water partition coefficient (Wildman–Crippen LogP) is 2.55. The normalized spacial score (nSPS) is 14.1. The van der Waals surface area contributed by atoms with E-state index in [9.17, 15) is 4.79 Å². The molecule has 2 unspecified atom stereocenters. The van der Waals surface area contributed by atoms with Crippen LogP contribution >= 0.6 is 0 Å². The Hall–Kier alpha value is -1.94. The average molecular weight is 257 g/mol. The Morgan fingerprint density at radius 2 is 2.21 bits per heavy atom. The lowest BCUT2D eigenvalue weighted by Crippen LogP contribution is -2.40. The topological polar surface area (TPSA) is 68.0 Å². The molecular weight excluding hydrogens is 238 g/mol. The zero-order chi connectivity index (χ0) is 13.8. The molecule has 0 fully saturated rings. The van der Waals surface area contributed by atoms with Gasteiger partial charge in [-0.3, -0.25) is 9.78 Å². The van der Waals surface area contributed by atoms with Crippen LogP contribution in [-0.4, -0.2) is 16.9 Å². The van der Waals surface area contributed by atoms with Gasteiger partial charge in [-0.1, -0.05) is 32.4 Å². The van der Waals surface area contributed by atoms with Crippen LogP contribution in [0.1, 0.15) is 20.3 Å². The first-order chi connectivity index (χ1) is 9.13. The SMILES string of the molecule is CCC(C)C(N)C(=O)Nc1cccc2ccncc12. The quantitative estimate of drug-likeness (QED) is 0.884. The Bertz CT molecular complexity index is 577. The highest BCUT2D eigenvalue weighted by atomic mass is 16.2. The molecule has 0 spiro atoms. The van der Waals surface area contributed by atoms with E-state index in [0.29, 0.717) is 0 Å². The fraction of sp³-hybridized carbons (Fsp3) is 0.333. The number of nitrogens with two attached hydrogens (primary N) is 1. The van der Waals surface area contributed by atoms with Crippen LogP contribution in [0.15, 0.2) is 36.7 Å². The molecule has 3 N–H and O–H groups in total. The number of nitrogens with one attached hydrogen (secondary N) is 1. The second-order valence-electron chi connectivity index (χ2n) is 4.80. The zero-order valence-corrected chi connectivity index (χ0v) is 11.3. The molecule has 0 aliphatic carbocycles. The lowest BCUT2D eigenvalue weighted by Gasteiger charge is -2.18. The van der Waals surface area contributed by atoms with Crippen LogP contribution in [0.2, 0.25) is 0 Å². The number of benzene rings is 1. The molecule has 1 aromatic carbocycles. The van der Waals surface area contributed by atoms with Crippen molar-refractivity contribution in [3.8, 4) is 0 Å². The maximum absolute atomic E-state index is 12.1. The molecule has 100 valence electrons.